The summed E-state index contributed by atoms with van der Waals surface area (Å²) in [6.45, 7) is 6.47. The Balaban J connectivity index is 4.34. The molecule has 320 valence electrons. The van der Waals surface area contributed by atoms with Crippen molar-refractivity contribution in [2.75, 3.05) is 13.2 Å². The lowest BCUT2D eigenvalue weighted by molar-refractivity contribution is -0.167. The predicted octanol–water partition coefficient (Wildman–Crippen LogP) is 15.0. The molecule has 0 amide bonds. The SMILES string of the molecule is CC/C=C\C/C=C\CCCCC(=O)OCC(COC(=O)CCCCCCC/C=C\CCCCCCCCC)OC(=O)CCCCCCCCCCCCCC. The number of hydrogen-bond acceptors (Lipinski definition) is 6. The number of ether oxygens (including phenoxy) is 3. The Morgan fingerprint density at radius 2 is 0.709 bits per heavy atom. The van der Waals surface area contributed by atoms with Crippen molar-refractivity contribution in [2.45, 2.75) is 245 Å². The first-order valence-corrected chi connectivity index (χ1v) is 23.5. The highest BCUT2D eigenvalue weighted by Crippen LogP contribution is 2.14. The highest BCUT2D eigenvalue weighted by molar-refractivity contribution is 5.71. The van der Waals surface area contributed by atoms with E-state index < -0.39 is 6.10 Å². The molecule has 0 aromatic heterocycles. The molecular formula is C49H88O6. The van der Waals surface area contributed by atoms with Crippen molar-refractivity contribution >= 4 is 17.9 Å². The molecule has 0 fully saturated rings. The van der Waals surface area contributed by atoms with Gasteiger partial charge in [-0.15, -0.1) is 0 Å². The van der Waals surface area contributed by atoms with Crippen LogP contribution in [0.5, 0.6) is 0 Å². The lowest BCUT2D eigenvalue weighted by atomic mass is 10.0. The summed E-state index contributed by atoms with van der Waals surface area (Å²) in [6.07, 6.45) is 49.9. The van der Waals surface area contributed by atoms with E-state index in [-0.39, 0.29) is 31.1 Å². The number of carbonyl (C=O) groups is 3. The lowest BCUT2D eigenvalue weighted by Crippen LogP contribution is -2.30. The Hall–Kier alpha value is -2.37. The highest BCUT2D eigenvalue weighted by Gasteiger charge is 2.19. The molecule has 0 radical (unpaired) electrons. The molecular weight excluding hydrogens is 685 g/mol. The zero-order valence-corrected chi connectivity index (χ0v) is 36.4. The third-order valence-corrected chi connectivity index (χ3v) is 10.1. The summed E-state index contributed by atoms with van der Waals surface area (Å²) in [5.74, 6) is -0.927. The minimum atomic E-state index is -0.782. The first kappa shape index (κ1) is 52.6. The van der Waals surface area contributed by atoms with Gasteiger partial charge in [-0.1, -0.05) is 186 Å². The Bertz CT molecular complexity index is 938. The van der Waals surface area contributed by atoms with Gasteiger partial charge in [0.25, 0.3) is 0 Å². The number of rotatable bonds is 42. The van der Waals surface area contributed by atoms with Crippen molar-refractivity contribution < 1.29 is 28.6 Å². The van der Waals surface area contributed by atoms with Crippen LogP contribution in [-0.4, -0.2) is 37.2 Å². The molecule has 0 N–H and O–H groups in total. The largest absolute Gasteiger partial charge is 0.462 e. The summed E-state index contributed by atoms with van der Waals surface area (Å²) in [5.41, 5.74) is 0. The van der Waals surface area contributed by atoms with Crippen LogP contribution in [0.2, 0.25) is 0 Å². The van der Waals surface area contributed by atoms with Crippen molar-refractivity contribution in [2.24, 2.45) is 0 Å². The molecule has 6 heteroatoms. The normalized spacial score (nSPS) is 12.3. The second-order valence-corrected chi connectivity index (χ2v) is 15.6. The fraction of sp³-hybridized carbons (Fsp3) is 0.816. The van der Waals surface area contributed by atoms with E-state index in [4.69, 9.17) is 14.2 Å². The van der Waals surface area contributed by atoms with Gasteiger partial charge in [-0.3, -0.25) is 14.4 Å². The topological polar surface area (TPSA) is 78.9 Å². The van der Waals surface area contributed by atoms with Crippen LogP contribution < -0.4 is 0 Å². The smallest absolute Gasteiger partial charge is 0.306 e. The molecule has 0 saturated heterocycles. The van der Waals surface area contributed by atoms with Crippen LogP contribution in [0.3, 0.4) is 0 Å². The Kier molecular flexibility index (Phi) is 42.4. The maximum absolute atomic E-state index is 12.7. The average molecular weight is 773 g/mol. The third-order valence-electron chi connectivity index (χ3n) is 10.1. The standard InChI is InChI=1S/C49H88O6/c1-4-7-10-13-16-19-21-23-24-25-26-28-30-33-36-39-42-48(51)54-45-46(44-53-47(50)41-38-35-32-29-18-15-12-9-6-3)55-49(52)43-40-37-34-31-27-22-20-17-14-11-8-5-2/h9,12,18,24-25,29,46H,4-8,10-11,13-17,19-23,26-28,30-45H2,1-3H3/b12-9-,25-24-,29-18-. The van der Waals surface area contributed by atoms with E-state index >= 15 is 0 Å². The van der Waals surface area contributed by atoms with Crippen LogP contribution in [0.4, 0.5) is 0 Å². The van der Waals surface area contributed by atoms with Crippen LogP contribution in [0.15, 0.2) is 36.5 Å². The number of carbonyl (C=O) groups excluding carboxylic acids is 3. The summed E-state index contributed by atoms with van der Waals surface area (Å²) < 4.78 is 16.7. The summed E-state index contributed by atoms with van der Waals surface area (Å²) in [4.78, 5) is 37.7. The molecule has 0 aliphatic carbocycles. The molecule has 0 heterocycles. The van der Waals surface area contributed by atoms with E-state index in [1.165, 1.54) is 122 Å². The second kappa shape index (κ2) is 44.3. The molecule has 6 nitrogen and oxygen atoms in total. The summed E-state index contributed by atoms with van der Waals surface area (Å²) in [5, 5.41) is 0. The van der Waals surface area contributed by atoms with Gasteiger partial charge in [0.1, 0.15) is 13.2 Å². The van der Waals surface area contributed by atoms with Crippen LogP contribution in [0, 0.1) is 0 Å². The van der Waals surface area contributed by atoms with Crippen molar-refractivity contribution in [3.05, 3.63) is 36.5 Å². The quantitative estimate of drug-likeness (QED) is 0.0266. The van der Waals surface area contributed by atoms with E-state index in [2.05, 4.69) is 57.2 Å². The van der Waals surface area contributed by atoms with Crippen molar-refractivity contribution in [3.8, 4) is 0 Å². The van der Waals surface area contributed by atoms with E-state index in [0.717, 1.165) is 77.0 Å². The Labute approximate surface area is 340 Å². The average Bonchev–Trinajstić information content (AvgIpc) is 3.18. The maximum Gasteiger partial charge on any atom is 0.306 e. The first-order chi connectivity index (χ1) is 27.0. The lowest BCUT2D eigenvalue weighted by Gasteiger charge is -2.18. The van der Waals surface area contributed by atoms with Gasteiger partial charge in [0.2, 0.25) is 0 Å². The van der Waals surface area contributed by atoms with Gasteiger partial charge in [0.05, 0.1) is 0 Å². The summed E-state index contributed by atoms with van der Waals surface area (Å²) >= 11 is 0. The van der Waals surface area contributed by atoms with E-state index in [0.29, 0.717) is 19.3 Å². The van der Waals surface area contributed by atoms with Crippen molar-refractivity contribution in [3.63, 3.8) is 0 Å². The molecule has 0 bridgehead atoms. The Morgan fingerprint density at radius 1 is 0.382 bits per heavy atom. The molecule has 1 atom stereocenters. The van der Waals surface area contributed by atoms with Crippen LogP contribution in [-0.2, 0) is 28.6 Å². The number of hydrogen-bond donors (Lipinski definition) is 0. The van der Waals surface area contributed by atoms with Gasteiger partial charge < -0.3 is 14.2 Å². The van der Waals surface area contributed by atoms with Gasteiger partial charge in [-0.2, -0.15) is 0 Å². The predicted molar refractivity (Wildman–Crippen MR) is 233 cm³/mol. The van der Waals surface area contributed by atoms with Gasteiger partial charge >= 0.3 is 17.9 Å². The molecule has 1 unspecified atom stereocenters. The van der Waals surface area contributed by atoms with E-state index in [9.17, 15) is 14.4 Å². The summed E-state index contributed by atoms with van der Waals surface area (Å²) in [6, 6.07) is 0. The zero-order valence-electron chi connectivity index (χ0n) is 36.4. The molecule has 55 heavy (non-hydrogen) atoms. The van der Waals surface area contributed by atoms with Gasteiger partial charge in [-0.05, 0) is 70.6 Å². The van der Waals surface area contributed by atoms with E-state index in [1.807, 2.05) is 0 Å². The molecule has 0 rings (SSSR count). The number of allylic oxidation sites excluding steroid dienone is 6. The third kappa shape index (κ3) is 42.6. The van der Waals surface area contributed by atoms with E-state index in [1.54, 1.807) is 0 Å². The van der Waals surface area contributed by atoms with Crippen LogP contribution in [0.25, 0.3) is 0 Å². The minimum Gasteiger partial charge on any atom is -0.462 e. The van der Waals surface area contributed by atoms with Gasteiger partial charge in [0, 0.05) is 19.3 Å². The minimum absolute atomic E-state index is 0.0846. The number of esters is 3. The molecule has 0 aromatic carbocycles. The van der Waals surface area contributed by atoms with Gasteiger partial charge in [0.15, 0.2) is 6.10 Å². The molecule has 0 spiro atoms. The molecule has 0 saturated carbocycles. The van der Waals surface area contributed by atoms with Crippen molar-refractivity contribution in [1.82, 2.24) is 0 Å². The summed E-state index contributed by atoms with van der Waals surface area (Å²) in [7, 11) is 0. The number of unbranched alkanes of at least 4 members (excludes halogenated alkanes) is 25. The molecule has 0 aliphatic rings. The van der Waals surface area contributed by atoms with Crippen LogP contribution in [0.1, 0.15) is 239 Å². The first-order valence-electron chi connectivity index (χ1n) is 23.5. The molecule has 0 aliphatic heterocycles. The molecule has 0 aromatic rings. The highest BCUT2D eigenvalue weighted by atomic mass is 16.6. The monoisotopic (exact) mass is 773 g/mol. The van der Waals surface area contributed by atoms with Crippen molar-refractivity contribution in [1.29, 1.82) is 0 Å². The Morgan fingerprint density at radius 3 is 1.15 bits per heavy atom. The van der Waals surface area contributed by atoms with Gasteiger partial charge in [-0.25, -0.2) is 0 Å². The zero-order chi connectivity index (χ0) is 40.1. The fourth-order valence-corrected chi connectivity index (χ4v) is 6.59. The maximum atomic E-state index is 12.7. The fourth-order valence-electron chi connectivity index (χ4n) is 6.59. The van der Waals surface area contributed by atoms with Crippen LogP contribution >= 0.6 is 0 Å². The second-order valence-electron chi connectivity index (χ2n) is 15.6.